The van der Waals surface area contributed by atoms with Crippen LogP contribution < -0.4 is 0 Å². The number of hydrogen-bond donors (Lipinski definition) is 0. The molecule has 3 aromatic carbocycles. The highest BCUT2D eigenvalue weighted by molar-refractivity contribution is 7.99. The summed E-state index contributed by atoms with van der Waals surface area (Å²) in [6, 6.07) is 26.1. The number of thioether (sulfide) groups is 1. The number of amides is 1. The number of hydrogen-bond acceptors (Lipinski definition) is 5. The highest BCUT2D eigenvalue weighted by Crippen LogP contribution is 2.29. The van der Waals surface area contributed by atoms with Crippen molar-refractivity contribution in [3.8, 4) is 5.69 Å². The second-order valence-electron chi connectivity index (χ2n) is 7.68. The van der Waals surface area contributed by atoms with E-state index in [-0.39, 0.29) is 17.7 Å². The highest BCUT2D eigenvalue weighted by Gasteiger charge is 2.24. The maximum Gasteiger partial charge on any atom is 0.233 e. The van der Waals surface area contributed by atoms with Gasteiger partial charge in [-0.05, 0) is 47.0 Å². The van der Waals surface area contributed by atoms with Crippen molar-refractivity contribution in [1.82, 2.24) is 25.1 Å². The van der Waals surface area contributed by atoms with Crippen molar-refractivity contribution in [2.45, 2.75) is 25.0 Å². The Morgan fingerprint density at radius 3 is 2.19 bits per heavy atom. The highest BCUT2D eigenvalue weighted by atomic mass is 32.2. The summed E-state index contributed by atoms with van der Waals surface area (Å²) >= 11 is 1.34. The van der Waals surface area contributed by atoms with Gasteiger partial charge in [-0.25, -0.2) is 0 Å². The third kappa shape index (κ3) is 4.73. The van der Waals surface area contributed by atoms with E-state index in [4.69, 9.17) is 0 Å². The summed E-state index contributed by atoms with van der Waals surface area (Å²) in [5.41, 5.74) is 5.31. The molecule has 0 saturated carbocycles. The minimum Gasteiger partial charge on any atom is -0.334 e. The number of carbonyl (C=O) groups excluding carboxylic acids is 1. The predicted octanol–water partition coefficient (Wildman–Crippen LogP) is 4.62. The topological polar surface area (TPSA) is 63.9 Å². The van der Waals surface area contributed by atoms with E-state index in [0.717, 1.165) is 22.4 Å². The van der Waals surface area contributed by atoms with E-state index in [1.54, 1.807) is 9.58 Å². The Bertz CT molecular complexity index is 1150. The molecule has 0 aliphatic carbocycles. The van der Waals surface area contributed by atoms with E-state index >= 15 is 0 Å². The molecule has 0 unspecified atom stereocenters. The van der Waals surface area contributed by atoms with Gasteiger partial charge in [-0.1, -0.05) is 90.1 Å². The summed E-state index contributed by atoms with van der Waals surface area (Å²) < 4.78 is 1.69. The van der Waals surface area contributed by atoms with Crippen molar-refractivity contribution < 1.29 is 4.79 Å². The van der Waals surface area contributed by atoms with Crippen LogP contribution >= 0.6 is 11.8 Å². The first-order valence-electron chi connectivity index (χ1n) is 10.4. The Balaban J connectivity index is 1.53. The molecule has 0 bridgehead atoms. The van der Waals surface area contributed by atoms with Gasteiger partial charge < -0.3 is 4.90 Å². The molecule has 0 aliphatic rings. The molecule has 0 saturated heterocycles. The smallest absolute Gasteiger partial charge is 0.233 e. The summed E-state index contributed by atoms with van der Waals surface area (Å²) in [6.07, 6.45) is 0. The van der Waals surface area contributed by atoms with Crippen LogP contribution in [0.5, 0.6) is 0 Å². The third-order valence-corrected chi connectivity index (χ3v) is 6.26. The minimum absolute atomic E-state index is 0.00267. The lowest BCUT2D eigenvalue weighted by molar-refractivity contribution is -0.128. The predicted molar refractivity (Wildman–Crippen MR) is 127 cm³/mol. The fourth-order valence-electron chi connectivity index (χ4n) is 3.75. The zero-order valence-corrected chi connectivity index (χ0v) is 19.2. The first kappa shape index (κ1) is 21.8. The van der Waals surface area contributed by atoms with Crippen molar-refractivity contribution >= 4 is 17.7 Å². The first-order chi connectivity index (χ1) is 15.5. The Morgan fingerprint density at radius 2 is 1.59 bits per heavy atom. The van der Waals surface area contributed by atoms with Crippen LogP contribution in [-0.2, 0) is 4.79 Å². The molecule has 0 radical (unpaired) electrons. The van der Waals surface area contributed by atoms with Gasteiger partial charge in [-0.3, -0.25) is 4.79 Å². The average Bonchev–Trinajstić information content (AvgIpc) is 3.27. The molecule has 7 heteroatoms. The lowest BCUT2D eigenvalue weighted by Crippen LogP contribution is -2.33. The van der Waals surface area contributed by atoms with Crippen molar-refractivity contribution in [3.63, 3.8) is 0 Å². The van der Waals surface area contributed by atoms with Gasteiger partial charge >= 0.3 is 0 Å². The fraction of sp³-hybridized carbons (Fsp3) is 0.200. The van der Waals surface area contributed by atoms with Crippen LogP contribution in [0.25, 0.3) is 5.69 Å². The molecule has 4 rings (SSSR count). The molecule has 6 nitrogen and oxygen atoms in total. The molecule has 0 aliphatic heterocycles. The van der Waals surface area contributed by atoms with E-state index in [9.17, 15) is 4.79 Å². The van der Waals surface area contributed by atoms with Crippen LogP contribution in [0.3, 0.4) is 0 Å². The SMILES string of the molecule is Cc1ccc(-n2nnnc2SCC(=O)N(C)C(c2ccccc2)c2ccccc2)c(C)c1. The van der Waals surface area contributed by atoms with Crippen molar-refractivity contribution in [1.29, 1.82) is 0 Å². The van der Waals surface area contributed by atoms with Crippen molar-refractivity contribution in [3.05, 3.63) is 101 Å². The summed E-state index contributed by atoms with van der Waals surface area (Å²) in [7, 11) is 1.85. The van der Waals surface area contributed by atoms with Gasteiger partial charge in [-0.15, -0.1) is 5.10 Å². The monoisotopic (exact) mass is 443 g/mol. The lowest BCUT2D eigenvalue weighted by atomic mass is 9.97. The van der Waals surface area contributed by atoms with Gasteiger partial charge in [0.1, 0.15) is 0 Å². The number of aryl methyl sites for hydroxylation is 2. The lowest BCUT2D eigenvalue weighted by Gasteiger charge is -2.29. The van der Waals surface area contributed by atoms with E-state index in [0.29, 0.717) is 5.16 Å². The van der Waals surface area contributed by atoms with Gasteiger partial charge in [0.2, 0.25) is 11.1 Å². The van der Waals surface area contributed by atoms with Crippen LogP contribution in [0.15, 0.2) is 84.0 Å². The van der Waals surface area contributed by atoms with Gasteiger partial charge in [0, 0.05) is 7.05 Å². The van der Waals surface area contributed by atoms with E-state index < -0.39 is 0 Å². The quantitative estimate of drug-likeness (QED) is 0.390. The molecule has 1 aromatic heterocycles. The van der Waals surface area contributed by atoms with Gasteiger partial charge in [0.05, 0.1) is 17.5 Å². The van der Waals surface area contributed by atoms with Crippen molar-refractivity contribution in [2.24, 2.45) is 0 Å². The summed E-state index contributed by atoms with van der Waals surface area (Å²) in [5.74, 6) is 0.237. The van der Waals surface area contributed by atoms with Crippen LogP contribution in [-0.4, -0.2) is 43.8 Å². The third-order valence-electron chi connectivity index (χ3n) is 5.36. The van der Waals surface area contributed by atoms with Crippen molar-refractivity contribution in [2.75, 3.05) is 12.8 Å². The van der Waals surface area contributed by atoms with E-state index in [2.05, 4.69) is 52.8 Å². The number of aromatic nitrogens is 4. The number of nitrogens with zero attached hydrogens (tertiary/aromatic N) is 5. The van der Waals surface area contributed by atoms with Crippen LogP contribution in [0.2, 0.25) is 0 Å². The van der Waals surface area contributed by atoms with Crippen LogP contribution in [0, 0.1) is 13.8 Å². The molecular weight excluding hydrogens is 418 g/mol. The Labute approximate surface area is 192 Å². The standard InChI is InChI=1S/C25H25N5OS/c1-18-14-15-22(19(2)16-18)30-25(26-27-28-30)32-17-23(31)29(3)24(20-10-6-4-7-11-20)21-12-8-5-9-13-21/h4-16,24H,17H2,1-3H3. The number of rotatable bonds is 7. The Morgan fingerprint density at radius 1 is 0.969 bits per heavy atom. The van der Waals surface area contributed by atoms with Gasteiger partial charge in [-0.2, -0.15) is 4.68 Å². The summed E-state index contributed by atoms with van der Waals surface area (Å²) in [5, 5.41) is 12.7. The first-order valence-corrected chi connectivity index (χ1v) is 11.4. The molecule has 4 aromatic rings. The Kier molecular flexibility index (Phi) is 6.66. The van der Waals surface area contributed by atoms with E-state index in [1.807, 2.05) is 62.5 Å². The zero-order valence-electron chi connectivity index (χ0n) is 18.3. The molecule has 1 heterocycles. The molecule has 0 N–H and O–H groups in total. The van der Waals surface area contributed by atoms with Gasteiger partial charge in [0.25, 0.3) is 0 Å². The average molecular weight is 444 g/mol. The summed E-state index contributed by atoms with van der Waals surface area (Å²) in [4.78, 5) is 15.0. The van der Waals surface area contributed by atoms with Gasteiger partial charge in [0.15, 0.2) is 0 Å². The molecule has 0 fully saturated rings. The maximum atomic E-state index is 13.2. The number of carbonyl (C=O) groups is 1. The van der Waals surface area contributed by atoms with E-state index in [1.165, 1.54) is 17.3 Å². The number of tetrazole rings is 1. The number of benzene rings is 3. The summed E-state index contributed by atoms with van der Waals surface area (Å²) in [6.45, 7) is 4.08. The largest absolute Gasteiger partial charge is 0.334 e. The molecule has 162 valence electrons. The Hall–Kier alpha value is -3.45. The fourth-order valence-corrected chi connectivity index (χ4v) is 4.55. The second-order valence-corrected chi connectivity index (χ2v) is 8.62. The molecule has 32 heavy (non-hydrogen) atoms. The normalized spacial score (nSPS) is 11.0. The zero-order chi connectivity index (χ0) is 22.5. The second kappa shape index (κ2) is 9.78. The van der Waals surface area contributed by atoms with Crippen LogP contribution in [0.1, 0.15) is 28.3 Å². The molecule has 0 spiro atoms. The maximum absolute atomic E-state index is 13.2. The molecule has 1 amide bonds. The minimum atomic E-state index is -0.166. The van der Waals surface area contributed by atoms with Crippen LogP contribution in [0.4, 0.5) is 0 Å². The molecule has 0 atom stereocenters. The molecular formula is C25H25N5OS.